The van der Waals surface area contributed by atoms with E-state index in [1.54, 1.807) is 29.0 Å². The summed E-state index contributed by atoms with van der Waals surface area (Å²) in [7, 11) is 0. The lowest BCUT2D eigenvalue weighted by molar-refractivity contribution is -0.305. The number of nitriles is 1. The van der Waals surface area contributed by atoms with Gasteiger partial charge < -0.3 is 23.7 Å². The number of fused-ring (bicyclic) bond motifs is 1. The molecular weight excluding hydrogens is 432 g/mol. The lowest BCUT2D eigenvalue weighted by atomic mass is 10.1. The molecule has 0 spiro atoms. The molecule has 0 aliphatic heterocycles. The molecule has 0 N–H and O–H groups in total. The average Bonchev–Trinajstić information content (AvgIpc) is 3.37. The fourth-order valence-electron chi connectivity index (χ4n) is 3.35. The first-order chi connectivity index (χ1) is 15.4. The molecular formula is C23H18ClN4O4-. The van der Waals surface area contributed by atoms with Crippen LogP contribution in [0.25, 0.3) is 33.7 Å². The number of benzene rings is 2. The van der Waals surface area contributed by atoms with E-state index >= 15 is 0 Å². The zero-order valence-electron chi connectivity index (χ0n) is 17.3. The highest BCUT2D eigenvalue weighted by atomic mass is 35.5. The zero-order chi connectivity index (χ0) is 22.8. The number of aryl methyl sites for hydroxylation is 1. The predicted octanol–water partition coefficient (Wildman–Crippen LogP) is 3.81. The Morgan fingerprint density at radius 2 is 2.06 bits per heavy atom. The molecule has 32 heavy (non-hydrogen) atoms. The van der Waals surface area contributed by atoms with Gasteiger partial charge in [-0.25, -0.2) is 0 Å². The van der Waals surface area contributed by atoms with Crippen molar-refractivity contribution in [2.24, 2.45) is 0 Å². The van der Waals surface area contributed by atoms with Crippen molar-refractivity contribution in [1.82, 2.24) is 14.7 Å². The van der Waals surface area contributed by atoms with Crippen molar-refractivity contribution < 1.29 is 19.2 Å². The maximum absolute atomic E-state index is 10.8. The Balaban J connectivity index is 1.64. The van der Waals surface area contributed by atoms with Crippen LogP contribution < -0.4 is 9.84 Å². The SMILES string of the molecule is CC(C)Oc1ccc(-c2nc(-c3ccc4c(c3)c(Cl)cn4CCC(=O)[O-])no2)cc1C#N. The summed E-state index contributed by atoms with van der Waals surface area (Å²) in [6.07, 6.45) is 1.52. The molecule has 0 atom stereocenters. The maximum atomic E-state index is 10.8. The average molecular weight is 450 g/mol. The van der Waals surface area contributed by atoms with Crippen LogP contribution in [0.15, 0.2) is 47.1 Å². The standard InChI is InChI=1S/C23H19ClN4O4/c1-13(2)31-20-6-4-15(9-16(20)11-25)23-26-22(27-32-23)14-3-5-19-17(10-14)18(24)12-28(19)8-7-21(29)30/h3-6,9-10,12-13H,7-8H2,1-2H3,(H,29,30)/p-1. The normalized spacial score (nSPS) is 11.1. The molecule has 2 aromatic heterocycles. The van der Waals surface area contributed by atoms with Crippen LogP contribution in [-0.2, 0) is 11.3 Å². The van der Waals surface area contributed by atoms with Crippen molar-refractivity contribution in [3.05, 3.63) is 53.2 Å². The summed E-state index contributed by atoms with van der Waals surface area (Å²) >= 11 is 6.35. The van der Waals surface area contributed by atoms with Gasteiger partial charge in [-0.05, 0) is 50.2 Å². The third kappa shape index (κ3) is 4.29. The highest BCUT2D eigenvalue weighted by molar-refractivity contribution is 6.35. The molecule has 0 saturated carbocycles. The van der Waals surface area contributed by atoms with E-state index in [2.05, 4.69) is 16.2 Å². The maximum Gasteiger partial charge on any atom is 0.258 e. The van der Waals surface area contributed by atoms with E-state index in [9.17, 15) is 15.2 Å². The van der Waals surface area contributed by atoms with Crippen LogP contribution in [0.1, 0.15) is 25.8 Å². The molecule has 0 radical (unpaired) electrons. The van der Waals surface area contributed by atoms with Gasteiger partial charge >= 0.3 is 0 Å². The molecule has 0 unspecified atom stereocenters. The second kappa shape index (κ2) is 8.73. The van der Waals surface area contributed by atoms with Gasteiger partial charge in [-0.15, -0.1) is 0 Å². The van der Waals surface area contributed by atoms with Gasteiger partial charge in [0.05, 0.1) is 16.7 Å². The quantitative estimate of drug-likeness (QED) is 0.421. The first-order valence-electron chi connectivity index (χ1n) is 9.89. The van der Waals surface area contributed by atoms with Crippen LogP contribution in [0.2, 0.25) is 5.02 Å². The largest absolute Gasteiger partial charge is 0.550 e. The Bertz CT molecular complexity index is 1350. The van der Waals surface area contributed by atoms with E-state index in [0.717, 1.165) is 10.9 Å². The molecule has 2 aromatic carbocycles. The van der Waals surface area contributed by atoms with Crippen molar-refractivity contribution in [3.8, 4) is 34.7 Å². The van der Waals surface area contributed by atoms with Crippen LogP contribution >= 0.6 is 11.6 Å². The molecule has 4 rings (SSSR count). The van der Waals surface area contributed by atoms with Gasteiger partial charge in [-0.3, -0.25) is 0 Å². The highest BCUT2D eigenvalue weighted by Gasteiger charge is 2.16. The number of halogens is 1. The fraction of sp³-hybridized carbons (Fsp3) is 0.217. The fourth-order valence-corrected chi connectivity index (χ4v) is 3.62. The first kappa shape index (κ1) is 21.4. The van der Waals surface area contributed by atoms with Crippen LogP contribution in [-0.4, -0.2) is 26.8 Å². The molecule has 0 saturated heterocycles. The number of ether oxygens (including phenoxy) is 1. The molecule has 2 heterocycles. The van der Waals surface area contributed by atoms with E-state index in [0.29, 0.717) is 33.3 Å². The summed E-state index contributed by atoms with van der Waals surface area (Å²) in [5.74, 6) is 0.00309. The lowest BCUT2D eigenvalue weighted by Gasteiger charge is -2.11. The van der Waals surface area contributed by atoms with Gasteiger partial charge in [0, 0.05) is 47.2 Å². The Morgan fingerprint density at radius 1 is 1.28 bits per heavy atom. The Kier molecular flexibility index (Phi) is 5.84. The molecule has 0 amide bonds. The minimum Gasteiger partial charge on any atom is -0.550 e. The number of aromatic nitrogens is 3. The minimum atomic E-state index is -1.12. The number of nitrogens with zero attached hydrogens (tertiary/aromatic N) is 4. The molecule has 162 valence electrons. The van der Waals surface area contributed by atoms with Crippen LogP contribution in [0.5, 0.6) is 5.75 Å². The monoisotopic (exact) mass is 449 g/mol. The van der Waals surface area contributed by atoms with Crippen LogP contribution in [0.3, 0.4) is 0 Å². The summed E-state index contributed by atoms with van der Waals surface area (Å²) in [5, 5.41) is 25.5. The molecule has 0 aliphatic carbocycles. The number of carboxylic acid groups (broad SMARTS) is 1. The minimum absolute atomic E-state index is 0.0552. The van der Waals surface area contributed by atoms with Crippen LogP contribution in [0, 0.1) is 11.3 Å². The summed E-state index contributed by atoms with van der Waals surface area (Å²) in [6, 6.07) is 12.7. The second-order valence-corrected chi connectivity index (χ2v) is 7.84. The third-order valence-corrected chi connectivity index (χ3v) is 5.08. The summed E-state index contributed by atoms with van der Waals surface area (Å²) in [4.78, 5) is 15.2. The van der Waals surface area contributed by atoms with Gasteiger partial charge in [0.25, 0.3) is 5.89 Å². The van der Waals surface area contributed by atoms with Gasteiger partial charge in [0.1, 0.15) is 11.8 Å². The number of hydrogen-bond donors (Lipinski definition) is 0. The van der Waals surface area contributed by atoms with Crippen molar-refractivity contribution in [1.29, 1.82) is 5.26 Å². The van der Waals surface area contributed by atoms with Crippen molar-refractivity contribution in [2.45, 2.75) is 32.9 Å². The Morgan fingerprint density at radius 3 is 2.78 bits per heavy atom. The lowest BCUT2D eigenvalue weighted by Crippen LogP contribution is -2.23. The Hall–Kier alpha value is -3.83. The molecule has 0 fully saturated rings. The molecule has 4 aromatic rings. The van der Waals surface area contributed by atoms with Crippen molar-refractivity contribution in [3.63, 3.8) is 0 Å². The van der Waals surface area contributed by atoms with Gasteiger partial charge in [-0.1, -0.05) is 16.8 Å². The zero-order valence-corrected chi connectivity index (χ0v) is 18.1. The highest BCUT2D eigenvalue weighted by Crippen LogP contribution is 2.32. The topological polar surface area (TPSA) is 117 Å². The third-order valence-electron chi connectivity index (χ3n) is 4.78. The molecule has 9 heteroatoms. The van der Waals surface area contributed by atoms with Crippen molar-refractivity contribution in [2.75, 3.05) is 0 Å². The first-order valence-corrected chi connectivity index (χ1v) is 10.3. The van der Waals surface area contributed by atoms with E-state index < -0.39 is 5.97 Å². The Labute approximate surface area is 188 Å². The number of hydrogen-bond acceptors (Lipinski definition) is 7. The van der Waals surface area contributed by atoms with Gasteiger partial charge in [0.2, 0.25) is 5.82 Å². The van der Waals surface area contributed by atoms with Crippen molar-refractivity contribution >= 4 is 28.5 Å². The number of rotatable bonds is 7. The molecule has 0 bridgehead atoms. The van der Waals surface area contributed by atoms with E-state index in [4.69, 9.17) is 20.9 Å². The molecule has 0 aliphatic rings. The smallest absolute Gasteiger partial charge is 0.258 e. The van der Waals surface area contributed by atoms with E-state index in [1.165, 1.54) is 0 Å². The number of carbonyl (C=O) groups is 1. The second-order valence-electron chi connectivity index (χ2n) is 7.44. The number of carboxylic acids is 1. The van der Waals surface area contributed by atoms with Gasteiger partial charge in [0.15, 0.2) is 0 Å². The molecule has 8 nitrogen and oxygen atoms in total. The van der Waals surface area contributed by atoms with Gasteiger partial charge in [-0.2, -0.15) is 10.2 Å². The summed E-state index contributed by atoms with van der Waals surface area (Å²) in [5.41, 5.74) is 2.46. The summed E-state index contributed by atoms with van der Waals surface area (Å²) in [6.45, 7) is 4.04. The van der Waals surface area contributed by atoms with E-state index in [-0.39, 0.29) is 25.0 Å². The number of aliphatic carboxylic acids is 1. The van der Waals surface area contributed by atoms with Crippen LogP contribution in [0.4, 0.5) is 0 Å². The number of carbonyl (C=O) groups excluding carboxylic acids is 1. The van der Waals surface area contributed by atoms with E-state index in [1.807, 2.05) is 32.0 Å². The summed E-state index contributed by atoms with van der Waals surface area (Å²) < 4.78 is 12.8. The predicted molar refractivity (Wildman–Crippen MR) is 116 cm³/mol.